The molecule has 0 amide bonds. The lowest BCUT2D eigenvalue weighted by molar-refractivity contribution is 1.19. The normalized spacial score (nSPS) is 11.6. The fourth-order valence-electron chi connectivity index (χ4n) is 3.21. The molecule has 116 valence electrons. The average molecular weight is 326 g/mol. The standard InChI is InChI=1S/C20H27PSi/c1-5-22(6-2,7-3)18(4)21(19-14-10-8-11-15-19)20-16-12-9-13-17-20/h8-17H,4-7H2,1-3H3. The molecule has 0 radical (unpaired) electrons. The van der Waals surface area contributed by atoms with Crippen LogP contribution in [0.2, 0.25) is 18.1 Å². The van der Waals surface area contributed by atoms with Gasteiger partial charge in [0.2, 0.25) is 0 Å². The van der Waals surface area contributed by atoms with Gasteiger partial charge in [-0.3, -0.25) is 0 Å². The van der Waals surface area contributed by atoms with E-state index in [2.05, 4.69) is 88.0 Å². The van der Waals surface area contributed by atoms with Gasteiger partial charge in [-0.2, -0.15) is 0 Å². The monoisotopic (exact) mass is 326 g/mol. The van der Waals surface area contributed by atoms with Crippen LogP contribution < -0.4 is 10.6 Å². The van der Waals surface area contributed by atoms with E-state index in [0.717, 1.165) is 0 Å². The summed E-state index contributed by atoms with van der Waals surface area (Å²) in [5, 5.41) is 2.89. The van der Waals surface area contributed by atoms with Gasteiger partial charge in [0, 0.05) is 0 Å². The van der Waals surface area contributed by atoms with Crippen molar-refractivity contribution in [2.24, 2.45) is 0 Å². The van der Waals surface area contributed by atoms with Gasteiger partial charge in [-0.05, 0) is 18.5 Å². The molecular formula is C20H27PSi. The molecule has 0 bridgehead atoms. The van der Waals surface area contributed by atoms with Crippen LogP contribution in [-0.2, 0) is 0 Å². The van der Waals surface area contributed by atoms with Crippen LogP contribution in [0.1, 0.15) is 20.8 Å². The van der Waals surface area contributed by atoms with Crippen LogP contribution in [-0.4, -0.2) is 8.07 Å². The molecule has 2 rings (SSSR count). The van der Waals surface area contributed by atoms with Gasteiger partial charge in [0.1, 0.15) is 0 Å². The number of rotatable bonds is 7. The Morgan fingerprint density at radius 3 is 1.45 bits per heavy atom. The van der Waals surface area contributed by atoms with Crippen molar-refractivity contribution in [3.05, 3.63) is 72.2 Å². The maximum Gasteiger partial charge on any atom is 0.0865 e. The Morgan fingerprint density at radius 1 is 0.773 bits per heavy atom. The molecule has 0 saturated carbocycles. The Morgan fingerprint density at radius 2 is 1.14 bits per heavy atom. The molecule has 0 spiro atoms. The lowest BCUT2D eigenvalue weighted by atomic mass is 10.4. The Bertz CT molecular complexity index is 540. The summed E-state index contributed by atoms with van der Waals surface area (Å²) < 4.78 is 0. The Hall–Kier alpha value is -1.17. The second kappa shape index (κ2) is 7.90. The van der Waals surface area contributed by atoms with Crippen LogP contribution in [0.5, 0.6) is 0 Å². The van der Waals surface area contributed by atoms with Crippen molar-refractivity contribution in [3.8, 4) is 0 Å². The van der Waals surface area contributed by atoms with Gasteiger partial charge in [0.25, 0.3) is 0 Å². The molecule has 0 aliphatic rings. The quantitative estimate of drug-likeness (QED) is 0.453. The fraction of sp³-hybridized carbons (Fsp3) is 0.300. The van der Waals surface area contributed by atoms with Gasteiger partial charge in [-0.1, -0.05) is 111 Å². The van der Waals surface area contributed by atoms with Crippen molar-refractivity contribution in [3.63, 3.8) is 0 Å². The minimum atomic E-state index is -1.42. The zero-order valence-electron chi connectivity index (χ0n) is 14.0. The highest BCUT2D eigenvalue weighted by Gasteiger charge is 2.35. The summed E-state index contributed by atoms with van der Waals surface area (Å²) in [6.45, 7) is 11.8. The van der Waals surface area contributed by atoms with Crippen molar-refractivity contribution < 1.29 is 0 Å². The van der Waals surface area contributed by atoms with Crippen molar-refractivity contribution in [1.82, 2.24) is 0 Å². The molecule has 2 aromatic rings. The van der Waals surface area contributed by atoms with E-state index >= 15 is 0 Å². The van der Waals surface area contributed by atoms with Gasteiger partial charge >= 0.3 is 0 Å². The van der Waals surface area contributed by atoms with Crippen LogP contribution in [0.25, 0.3) is 0 Å². The SMILES string of the molecule is C=C(P(c1ccccc1)c1ccccc1)[Si](CC)(CC)CC. The second-order valence-corrected chi connectivity index (χ2v) is 13.7. The molecule has 0 fully saturated rings. The molecule has 0 unspecified atom stereocenters. The first-order chi connectivity index (χ1) is 10.7. The minimum Gasteiger partial charge on any atom is -0.0987 e. The average Bonchev–Trinajstić information content (AvgIpc) is 2.59. The van der Waals surface area contributed by atoms with Crippen LogP contribution >= 0.6 is 7.92 Å². The summed E-state index contributed by atoms with van der Waals surface area (Å²) in [6.07, 6.45) is 0. The van der Waals surface area contributed by atoms with Gasteiger partial charge in [-0.25, -0.2) is 0 Å². The summed E-state index contributed by atoms with van der Waals surface area (Å²) in [7, 11) is -1.87. The molecule has 22 heavy (non-hydrogen) atoms. The second-order valence-electron chi connectivity index (χ2n) is 5.79. The number of hydrogen-bond donors (Lipinski definition) is 0. The van der Waals surface area contributed by atoms with Crippen LogP contribution in [0.4, 0.5) is 0 Å². The van der Waals surface area contributed by atoms with Gasteiger partial charge in [0.15, 0.2) is 0 Å². The molecule has 0 aliphatic carbocycles. The number of benzene rings is 2. The Labute approximate surface area is 138 Å². The zero-order valence-corrected chi connectivity index (χ0v) is 15.9. The van der Waals surface area contributed by atoms with Gasteiger partial charge < -0.3 is 0 Å². The molecule has 0 nitrogen and oxygen atoms in total. The Kier molecular flexibility index (Phi) is 6.17. The number of hydrogen-bond acceptors (Lipinski definition) is 0. The maximum absolute atomic E-state index is 4.68. The first-order valence-electron chi connectivity index (χ1n) is 8.28. The molecule has 0 N–H and O–H groups in total. The maximum atomic E-state index is 4.68. The van der Waals surface area contributed by atoms with E-state index in [0.29, 0.717) is 0 Å². The van der Waals surface area contributed by atoms with E-state index in [1.165, 1.54) is 28.7 Å². The predicted octanol–water partition coefficient (Wildman–Crippen LogP) is 5.68. The van der Waals surface area contributed by atoms with E-state index in [1.54, 1.807) is 4.94 Å². The van der Waals surface area contributed by atoms with E-state index in [-0.39, 0.29) is 0 Å². The van der Waals surface area contributed by atoms with E-state index in [1.807, 2.05) is 0 Å². The smallest absolute Gasteiger partial charge is 0.0865 e. The highest BCUT2D eigenvalue weighted by atomic mass is 31.1. The predicted molar refractivity (Wildman–Crippen MR) is 105 cm³/mol. The highest BCUT2D eigenvalue weighted by Crippen LogP contribution is 2.49. The molecular weight excluding hydrogens is 299 g/mol. The lowest BCUT2D eigenvalue weighted by Gasteiger charge is -2.36. The van der Waals surface area contributed by atoms with Crippen LogP contribution in [0, 0.1) is 0 Å². The third kappa shape index (κ3) is 3.42. The van der Waals surface area contributed by atoms with Crippen molar-refractivity contribution >= 4 is 26.6 Å². The molecule has 2 heteroatoms. The summed E-state index contributed by atoms with van der Waals surface area (Å²) in [4.78, 5) is 1.56. The van der Waals surface area contributed by atoms with Crippen LogP contribution in [0.3, 0.4) is 0 Å². The summed E-state index contributed by atoms with van der Waals surface area (Å²) in [5.74, 6) is 0. The summed E-state index contributed by atoms with van der Waals surface area (Å²) >= 11 is 0. The fourth-order valence-corrected chi connectivity index (χ4v) is 11.9. The first-order valence-corrected chi connectivity index (χ1v) is 12.2. The minimum absolute atomic E-state index is 0.450. The summed E-state index contributed by atoms with van der Waals surface area (Å²) in [5.41, 5.74) is 0. The Balaban J connectivity index is 2.52. The third-order valence-electron chi connectivity index (χ3n) is 4.94. The summed E-state index contributed by atoms with van der Waals surface area (Å²) in [6, 6.07) is 25.9. The molecule has 0 saturated heterocycles. The molecule has 0 aromatic heterocycles. The van der Waals surface area contributed by atoms with Gasteiger partial charge in [0.05, 0.1) is 8.07 Å². The van der Waals surface area contributed by atoms with E-state index in [9.17, 15) is 0 Å². The largest absolute Gasteiger partial charge is 0.0987 e. The molecule has 0 atom stereocenters. The van der Waals surface area contributed by atoms with Crippen LogP contribution in [0.15, 0.2) is 72.2 Å². The lowest BCUT2D eigenvalue weighted by Crippen LogP contribution is -2.36. The first kappa shape index (κ1) is 17.2. The van der Waals surface area contributed by atoms with Crippen molar-refractivity contribution in [2.45, 2.75) is 38.9 Å². The van der Waals surface area contributed by atoms with Crippen molar-refractivity contribution in [1.29, 1.82) is 0 Å². The zero-order chi connectivity index (χ0) is 16.0. The molecule has 2 aromatic carbocycles. The topological polar surface area (TPSA) is 0 Å². The third-order valence-corrected chi connectivity index (χ3v) is 14.5. The molecule has 0 heterocycles. The van der Waals surface area contributed by atoms with E-state index < -0.39 is 16.0 Å². The van der Waals surface area contributed by atoms with E-state index in [4.69, 9.17) is 0 Å². The van der Waals surface area contributed by atoms with Gasteiger partial charge in [-0.15, -0.1) is 0 Å². The highest BCUT2D eigenvalue weighted by molar-refractivity contribution is 7.79. The molecule has 0 aliphatic heterocycles. The van der Waals surface area contributed by atoms with Crippen molar-refractivity contribution in [2.75, 3.05) is 0 Å².